The van der Waals surface area contributed by atoms with Crippen molar-refractivity contribution in [1.29, 1.82) is 0 Å². The van der Waals surface area contributed by atoms with Crippen molar-refractivity contribution < 1.29 is 9.53 Å². The molecule has 1 aromatic heterocycles. The molecule has 1 aliphatic rings. The number of carbonyl (C=O) groups excluding carboxylic acids is 1. The van der Waals surface area contributed by atoms with E-state index in [1.165, 1.54) is 42.4 Å². The summed E-state index contributed by atoms with van der Waals surface area (Å²) in [5.41, 5.74) is 0. The minimum atomic E-state index is 0.0906. The summed E-state index contributed by atoms with van der Waals surface area (Å²) in [6, 6.07) is 0.336. The first-order valence-corrected chi connectivity index (χ1v) is 9.47. The van der Waals surface area contributed by atoms with Crippen LogP contribution in [0.15, 0.2) is 4.34 Å². The molecule has 0 aromatic carbocycles. The van der Waals surface area contributed by atoms with Crippen molar-refractivity contribution in [1.82, 2.24) is 15.5 Å². The highest BCUT2D eigenvalue weighted by Crippen LogP contribution is 2.26. The molecule has 0 saturated heterocycles. The number of nitrogens with one attached hydrogen (secondary N) is 2. The first kappa shape index (κ1) is 17.5. The molecule has 8 heteroatoms. The Bertz CT molecular complexity index is 469. The standard InChI is InChI=1S/C14H24N4O2S2/c1-10-5-3-4-6-11(10)16-12(19)9-21-14-18-17-13(22-14)15-7-8-20-2/h10-11H,3-9H2,1-2H3,(H,15,17)(H,16,19)/t10-,11+/m0/s1. The van der Waals surface area contributed by atoms with Gasteiger partial charge >= 0.3 is 0 Å². The van der Waals surface area contributed by atoms with E-state index in [0.717, 1.165) is 15.9 Å². The average Bonchev–Trinajstić information content (AvgIpc) is 2.96. The second-order valence-corrected chi connectivity index (χ2v) is 7.72. The van der Waals surface area contributed by atoms with Gasteiger partial charge in [0, 0.05) is 19.7 Å². The number of aromatic nitrogens is 2. The Hall–Kier alpha value is -0.860. The largest absolute Gasteiger partial charge is 0.383 e. The van der Waals surface area contributed by atoms with Crippen molar-refractivity contribution in [3.63, 3.8) is 0 Å². The molecule has 2 atom stereocenters. The van der Waals surface area contributed by atoms with Gasteiger partial charge in [0.25, 0.3) is 0 Å². The van der Waals surface area contributed by atoms with Gasteiger partial charge in [-0.1, -0.05) is 42.9 Å². The number of amides is 1. The second-order valence-electron chi connectivity index (χ2n) is 5.52. The maximum Gasteiger partial charge on any atom is 0.230 e. The number of hydrogen-bond donors (Lipinski definition) is 2. The summed E-state index contributed by atoms with van der Waals surface area (Å²) < 4.78 is 5.78. The molecule has 1 saturated carbocycles. The van der Waals surface area contributed by atoms with Gasteiger partial charge in [-0.25, -0.2) is 0 Å². The van der Waals surface area contributed by atoms with Crippen LogP contribution in [-0.4, -0.2) is 48.2 Å². The number of anilines is 1. The van der Waals surface area contributed by atoms with Crippen LogP contribution in [0.4, 0.5) is 5.13 Å². The third-order valence-corrected chi connectivity index (χ3v) is 5.79. The van der Waals surface area contributed by atoms with Gasteiger partial charge in [-0.15, -0.1) is 10.2 Å². The Balaban J connectivity index is 1.69. The molecule has 0 spiro atoms. The summed E-state index contributed by atoms with van der Waals surface area (Å²) in [5, 5.41) is 15.2. The summed E-state index contributed by atoms with van der Waals surface area (Å²) in [7, 11) is 1.66. The summed E-state index contributed by atoms with van der Waals surface area (Å²) in [5.74, 6) is 1.07. The van der Waals surface area contributed by atoms with Crippen LogP contribution in [-0.2, 0) is 9.53 Å². The molecule has 6 nitrogen and oxygen atoms in total. The summed E-state index contributed by atoms with van der Waals surface area (Å²) in [6.07, 6.45) is 4.82. The first-order valence-electron chi connectivity index (χ1n) is 7.67. The maximum atomic E-state index is 12.0. The van der Waals surface area contributed by atoms with Crippen molar-refractivity contribution in [2.75, 3.05) is 31.3 Å². The van der Waals surface area contributed by atoms with Gasteiger partial charge in [0.1, 0.15) is 0 Å². The lowest BCUT2D eigenvalue weighted by Crippen LogP contribution is -2.41. The molecule has 2 rings (SSSR count). The quantitative estimate of drug-likeness (QED) is 0.557. The number of thioether (sulfide) groups is 1. The van der Waals surface area contributed by atoms with Gasteiger partial charge in [0.15, 0.2) is 4.34 Å². The van der Waals surface area contributed by atoms with E-state index in [0.29, 0.717) is 30.9 Å². The molecule has 22 heavy (non-hydrogen) atoms. The van der Waals surface area contributed by atoms with Crippen LogP contribution in [0.25, 0.3) is 0 Å². The van der Waals surface area contributed by atoms with E-state index >= 15 is 0 Å². The normalized spacial score (nSPS) is 21.5. The van der Waals surface area contributed by atoms with Gasteiger partial charge in [-0.05, 0) is 18.8 Å². The lowest BCUT2D eigenvalue weighted by molar-refractivity contribution is -0.119. The third kappa shape index (κ3) is 5.73. The molecular formula is C14H24N4O2S2. The molecule has 0 unspecified atom stereocenters. The Morgan fingerprint density at radius 3 is 3.00 bits per heavy atom. The fourth-order valence-corrected chi connectivity index (χ4v) is 4.09. The lowest BCUT2D eigenvalue weighted by atomic mass is 9.86. The predicted octanol–water partition coefficient (Wildman–Crippen LogP) is 2.38. The Morgan fingerprint density at radius 1 is 1.41 bits per heavy atom. The molecule has 1 aliphatic carbocycles. The van der Waals surface area contributed by atoms with E-state index in [1.54, 1.807) is 7.11 Å². The van der Waals surface area contributed by atoms with Gasteiger partial charge in [0.2, 0.25) is 11.0 Å². The smallest absolute Gasteiger partial charge is 0.230 e. The van der Waals surface area contributed by atoms with Crippen LogP contribution < -0.4 is 10.6 Å². The van der Waals surface area contributed by atoms with Crippen molar-refractivity contribution >= 4 is 34.1 Å². The first-order chi connectivity index (χ1) is 10.7. The minimum absolute atomic E-state index is 0.0906. The van der Waals surface area contributed by atoms with Crippen molar-refractivity contribution in [3.8, 4) is 0 Å². The van der Waals surface area contributed by atoms with Crippen LogP contribution in [0.5, 0.6) is 0 Å². The van der Waals surface area contributed by atoms with E-state index in [4.69, 9.17) is 4.74 Å². The second kappa shape index (κ2) is 9.32. The predicted molar refractivity (Wildman–Crippen MR) is 90.6 cm³/mol. The molecular weight excluding hydrogens is 320 g/mol. The van der Waals surface area contributed by atoms with Gasteiger partial charge < -0.3 is 15.4 Å². The molecule has 1 heterocycles. The van der Waals surface area contributed by atoms with Gasteiger partial charge in [-0.2, -0.15) is 0 Å². The number of methoxy groups -OCH3 is 1. The minimum Gasteiger partial charge on any atom is -0.383 e. The zero-order valence-corrected chi connectivity index (χ0v) is 14.8. The molecule has 2 N–H and O–H groups in total. The van der Waals surface area contributed by atoms with Crippen molar-refractivity contribution in [3.05, 3.63) is 0 Å². The Morgan fingerprint density at radius 2 is 2.23 bits per heavy atom. The van der Waals surface area contributed by atoms with E-state index in [9.17, 15) is 4.79 Å². The van der Waals surface area contributed by atoms with E-state index in [1.807, 2.05) is 0 Å². The Labute approximate surface area is 139 Å². The Kier molecular flexibility index (Phi) is 7.41. The molecule has 1 fully saturated rings. The number of rotatable bonds is 8. The lowest BCUT2D eigenvalue weighted by Gasteiger charge is -2.29. The zero-order chi connectivity index (χ0) is 15.8. The summed E-state index contributed by atoms with van der Waals surface area (Å²) >= 11 is 2.91. The van der Waals surface area contributed by atoms with E-state index in [-0.39, 0.29) is 5.91 Å². The molecule has 1 amide bonds. The van der Waals surface area contributed by atoms with E-state index < -0.39 is 0 Å². The summed E-state index contributed by atoms with van der Waals surface area (Å²) in [6.45, 7) is 3.56. The topological polar surface area (TPSA) is 76.1 Å². The van der Waals surface area contributed by atoms with Crippen molar-refractivity contribution in [2.24, 2.45) is 5.92 Å². The van der Waals surface area contributed by atoms with Crippen LogP contribution in [0.1, 0.15) is 32.6 Å². The number of hydrogen-bond acceptors (Lipinski definition) is 7. The SMILES string of the molecule is COCCNc1nnc(SCC(=O)N[C@@H]2CCCC[C@@H]2C)s1. The van der Waals surface area contributed by atoms with Crippen LogP contribution in [0.3, 0.4) is 0 Å². The average molecular weight is 345 g/mol. The fourth-order valence-electron chi connectivity index (χ4n) is 2.51. The number of carbonyl (C=O) groups is 1. The monoisotopic (exact) mass is 344 g/mol. The van der Waals surface area contributed by atoms with Gasteiger partial charge in [-0.3, -0.25) is 4.79 Å². The third-order valence-electron chi connectivity index (χ3n) is 3.77. The molecule has 0 radical (unpaired) electrons. The maximum absolute atomic E-state index is 12.0. The zero-order valence-electron chi connectivity index (χ0n) is 13.1. The molecule has 0 aliphatic heterocycles. The highest BCUT2D eigenvalue weighted by molar-refractivity contribution is 8.01. The summed E-state index contributed by atoms with van der Waals surface area (Å²) in [4.78, 5) is 12.0. The van der Waals surface area contributed by atoms with Crippen molar-refractivity contribution in [2.45, 2.75) is 43.0 Å². The fraction of sp³-hybridized carbons (Fsp3) is 0.786. The number of ether oxygens (including phenoxy) is 1. The molecule has 1 aromatic rings. The van der Waals surface area contributed by atoms with Crippen LogP contribution in [0, 0.1) is 5.92 Å². The highest BCUT2D eigenvalue weighted by Gasteiger charge is 2.22. The molecule has 124 valence electrons. The van der Waals surface area contributed by atoms with Crippen LogP contribution in [0.2, 0.25) is 0 Å². The molecule has 0 bridgehead atoms. The van der Waals surface area contributed by atoms with E-state index in [2.05, 4.69) is 27.8 Å². The highest BCUT2D eigenvalue weighted by atomic mass is 32.2. The number of nitrogens with zero attached hydrogens (tertiary/aromatic N) is 2. The van der Waals surface area contributed by atoms with Gasteiger partial charge in [0.05, 0.1) is 12.4 Å². The van der Waals surface area contributed by atoms with Crippen LogP contribution >= 0.6 is 23.1 Å².